The molecule has 0 aliphatic carbocycles. The average Bonchev–Trinajstić information content (AvgIpc) is 2.86. The normalized spacial score (nSPS) is 17.5. The van der Waals surface area contributed by atoms with Gasteiger partial charge < -0.3 is 11.1 Å². The van der Waals surface area contributed by atoms with E-state index in [2.05, 4.69) is 42.4 Å². The van der Waals surface area contributed by atoms with Crippen LogP contribution < -0.4 is 11.1 Å². The highest BCUT2D eigenvalue weighted by Crippen LogP contribution is 2.22. The van der Waals surface area contributed by atoms with Crippen LogP contribution in [0.1, 0.15) is 31.4 Å². The van der Waals surface area contributed by atoms with Crippen LogP contribution >= 0.6 is 24.0 Å². The number of nitrogens with zero attached hydrogens (tertiary/aromatic N) is 2. The van der Waals surface area contributed by atoms with Crippen molar-refractivity contribution in [2.45, 2.75) is 33.1 Å². The number of aryl methyl sites for hydroxylation is 2. The van der Waals surface area contributed by atoms with Crippen molar-refractivity contribution in [1.29, 1.82) is 0 Å². The van der Waals surface area contributed by atoms with E-state index in [4.69, 9.17) is 5.73 Å². The second-order valence-electron chi connectivity index (χ2n) is 5.62. The fourth-order valence-electron chi connectivity index (χ4n) is 2.80. The van der Waals surface area contributed by atoms with Gasteiger partial charge in [0.25, 0.3) is 0 Å². The first kappa shape index (κ1) is 21.2. The molecule has 0 saturated carbocycles. The molecule has 1 aromatic carbocycles. The van der Waals surface area contributed by atoms with Gasteiger partial charge in [-0.1, -0.05) is 32.0 Å². The molecule has 0 atom stereocenters. The van der Waals surface area contributed by atoms with E-state index in [-0.39, 0.29) is 29.7 Å². The molecule has 6 nitrogen and oxygen atoms in total. The maximum Gasteiger partial charge on any atom is 0.214 e. The smallest absolute Gasteiger partial charge is 0.214 e. The van der Waals surface area contributed by atoms with Gasteiger partial charge in [0.2, 0.25) is 10.0 Å². The van der Waals surface area contributed by atoms with Gasteiger partial charge in [-0.2, -0.15) is 0 Å². The number of sulfonamides is 1. The number of nitrogens with one attached hydrogen (secondary N) is 1. The predicted molar refractivity (Wildman–Crippen MR) is 111 cm³/mol. The molecule has 8 heteroatoms. The van der Waals surface area contributed by atoms with Gasteiger partial charge >= 0.3 is 0 Å². The quantitative estimate of drug-likeness (QED) is 0.382. The Labute approximate surface area is 162 Å². The first-order valence-corrected chi connectivity index (χ1v) is 9.74. The van der Waals surface area contributed by atoms with Crippen LogP contribution in [0, 0.1) is 0 Å². The Bertz CT molecular complexity index is 654. The van der Waals surface area contributed by atoms with E-state index in [1.165, 1.54) is 15.4 Å². The van der Waals surface area contributed by atoms with Crippen LogP contribution in [-0.2, 0) is 22.9 Å². The molecule has 0 radical (unpaired) electrons. The van der Waals surface area contributed by atoms with Crippen LogP contribution in [-0.4, -0.2) is 44.1 Å². The summed E-state index contributed by atoms with van der Waals surface area (Å²) in [6.45, 7) is 5.55. The molecular weight excluding hydrogens is 439 g/mol. The molecule has 1 aliphatic heterocycles. The molecule has 0 aromatic heterocycles. The second kappa shape index (κ2) is 9.57. The zero-order chi connectivity index (χ0) is 16.9. The van der Waals surface area contributed by atoms with Crippen LogP contribution in [0.4, 0.5) is 5.69 Å². The Kier molecular flexibility index (Phi) is 8.44. The molecule has 0 spiro atoms. The van der Waals surface area contributed by atoms with Crippen molar-refractivity contribution in [3.05, 3.63) is 29.3 Å². The van der Waals surface area contributed by atoms with E-state index in [9.17, 15) is 8.42 Å². The maximum atomic E-state index is 11.7. The van der Waals surface area contributed by atoms with Gasteiger partial charge in [0, 0.05) is 18.8 Å². The van der Waals surface area contributed by atoms with E-state index in [0.29, 0.717) is 32.0 Å². The van der Waals surface area contributed by atoms with Gasteiger partial charge in [0.15, 0.2) is 5.96 Å². The van der Waals surface area contributed by atoms with E-state index in [0.717, 1.165) is 18.5 Å². The molecule has 1 aliphatic rings. The van der Waals surface area contributed by atoms with E-state index in [1.807, 2.05) is 0 Å². The zero-order valence-electron chi connectivity index (χ0n) is 14.3. The van der Waals surface area contributed by atoms with Crippen molar-refractivity contribution in [3.63, 3.8) is 0 Å². The predicted octanol–water partition coefficient (Wildman–Crippen LogP) is 2.19. The van der Waals surface area contributed by atoms with Crippen molar-refractivity contribution < 1.29 is 8.42 Å². The second-order valence-corrected chi connectivity index (χ2v) is 7.71. The number of rotatable bonds is 6. The molecule has 24 heavy (non-hydrogen) atoms. The van der Waals surface area contributed by atoms with Gasteiger partial charge in [0.1, 0.15) is 0 Å². The van der Waals surface area contributed by atoms with E-state index >= 15 is 0 Å². The first-order valence-electron chi connectivity index (χ1n) is 8.13. The van der Waals surface area contributed by atoms with Crippen LogP contribution in [0.2, 0.25) is 0 Å². The minimum atomic E-state index is -3.06. The maximum absolute atomic E-state index is 11.7. The van der Waals surface area contributed by atoms with Crippen LogP contribution in [0.3, 0.4) is 0 Å². The summed E-state index contributed by atoms with van der Waals surface area (Å²) >= 11 is 0. The fourth-order valence-corrected chi connectivity index (χ4v) is 4.31. The molecule has 3 N–H and O–H groups in total. The van der Waals surface area contributed by atoms with Crippen LogP contribution in [0.5, 0.6) is 0 Å². The Hall–Kier alpha value is -0.870. The Balaban J connectivity index is 0.00000288. The number of guanidine groups is 1. The summed E-state index contributed by atoms with van der Waals surface area (Å²) in [5.41, 5.74) is 9.39. The number of nitrogens with two attached hydrogens (primary N) is 1. The highest BCUT2D eigenvalue weighted by atomic mass is 127. The number of hydrogen-bond acceptors (Lipinski definition) is 3. The van der Waals surface area contributed by atoms with Crippen molar-refractivity contribution in [2.24, 2.45) is 10.7 Å². The van der Waals surface area contributed by atoms with Crippen molar-refractivity contribution >= 4 is 45.6 Å². The number of anilines is 1. The summed E-state index contributed by atoms with van der Waals surface area (Å²) in [6, 6.07) is 6.20. The molecule has 1 heterocycles. The topological polar surface area (TPSA) is 87.8 Å². The average molecular weight is 466 g/mol. The van der Waals surface area contributed by atoms with E-state index < -0.39 is 10.0 Å². The standard InChI is InChI=1S/C16H26N4O2S.HI/c1-3-13-7-5-8-14(4-2)15(13)19-16(17)18-9-11-20-10-6-12-23(20,21)22;/h5,7-8H,3-4,6,9-12H2,1-2H3,(H3,17,18,19);1H. The zero-order valence-corrected chi connectivity index (χ0v) is 17.4. The Morgan fingerprint density at radius 1 is 1.29 bits per heavy atom. The monoisotopic (exact) mass is 466 g/mol. The molecule has 1 fully saturated rings. The molecule has 2 rings (SSSR count). The van der Waals surface area contributed by atoms with Gasteiger partial charge in [-0.25, -0.2) is 12.7 Å². The highest BCUT2D eigenvalue weighted by Gasteiger charge is 2.27. The lowest BCUT2D eigenvalue weighted by molar-refractivity contribution is 0.452. The lowest BCUT2D eigenvalue weighted by atomic mass is 10.0. The Morgan fingerprint density at radius 2 is 1.92 bits per heavy atom. The molecule has 1 aromatic rings. The highest BCUT2D eigenvalue weighted by molar-refractivity contribution is 14.0. The van der Waals surface area contributed by atoms with Crippen molar-refractivity contribution in [1.82, 2.24) is 4.31 Å². The summed E-state index contributed by atoms with van der Waals surface area (Å²) in [5.74, 6) is 0.575. The summed E-state index contributed by atoms with van der Waals surface area (Å²) in [5, 5.41) is 3.19. The number of hydrogen-bond donors (Lipinski definition) is 2. The number of aliphatic imine (C=N–C) groups is 1. The van der Waals surface area contributed by atoms with Gasteiger partial charge in [0.05, 0.1) is 12.3 Å². The van der Waals surface area contributed by atoms with Gasteiger partial charge in [-0.3, -0.25) is 4.99 Å². The van der Waals surface area contributed by atoms with Gasteiger partial charge in [-0.15, -0.1) is 24.0 Å². The van der Waals surface area contributed by atoms with Crippen LogP contribution in [0.15, 0.2) is 23.2 Å². The number of benzene rings is 1. The van der Waals surface area contributed by atoms with E-state index in [1.54, 1.807) is 0 Å². The summed E-state index contributed by atoms with van der Waals surface area (Å²) in [7, 11) is -3.06. The number of halogens is 1. The third-order valence-corrected chi connectivity index (χ3v) is 6.04. The molecular formula is C16H27IN4O2S. The SMILES string of the molecule is CCc1cccc(CC)c1NC(N)=NCCN1CCCS1(=O)=O.I. The largest absolute Gasteiger partial charge is 0.370 e. The first-order chi connectivity index (χ1) is 11.0. The molecule has 136 valence electrons. The minimum absolute atomic E-state index is 0. The van der Waals surface area contributed by atoms with Crippen molar-refractivity contribution in [3.8, 4) is 0 Å². The lowest BCUT2D eigenvalue weighted by Crippen LogP contribution is -2.30. The molecule has 0 bridgehead atoms. The van der Waals surface area contributed by atoms with Crippen LogP contribution in [0.25, 0.3) is 0 Å². The lowest BCUT2D eigenvalue weighted by Gasteiger charge is -2.15. The third-order valence-electron chi connectivity index (χ3n) is 4.09. The number of para-hydroxylation sites is 1. The Morgan fingerprint density at radius 3 is 2.42 bits per heavy atom. The molecule has 0 unspecified atom stereocenters. The van der Waals surface area contributed by atoms with Gasteiger partial charge in [-0.05, 0) is 30.4 Å². The summed E-state index contributed by atoms with van der Waals surface area (Å²) < 4.78 is 24.9. The molecule has 1 saturated heterocycles. The molecule has 0 amide bonds. The summed E-state index contributed by atoms with van der Waals surface area (Å²) in [6.07, 6.45) is 2.52. The fraction of sp³-hybridized carbons (Fsp3) is 0.562. The third kappa shape index (κ3) is 5.32. The van der Waals surface area contributed by atoms with Crippen molar-refractivity contribution in [2.75, 3.05) is 30.7 Å². The summed E-state index contributed by atoms with van der Waals surface area (Å²) in [4.78, 5) is 4.28. The minimum Gasteiger partial charge on any atom is -0.370 e.